The van der Waals surface area contributed by atoms with Gasteiger partial charge in [-0.3, -0.25) is 5.32 Å². The highest BCUT2D eigenvalue weighted by atomic mass is 15.2. The van der Waals surface area contributed by atoms with Gasteiger partial charge in [-0.15, -0.1) is 0 Å². The number of hydrogen-bond acceptors (Lipinski definition) is 3. The summed E-state index contributed by atoms with van der Waals surface area (Å²) in [4.78, 5) is 2.65. The van der Waals surface area contributed by atoms with Crippen LogP contribution in [0.4, 0.5) is 0 Å². The molecule has 2 aliphatic carbocycles. The van der Waals surface area contributed by atoms with Gasteiger partial charge < -0.3 is 4.90 Å². The molecule has 0 heterocycles. The standard InChI is InChI=1S/C16H29N3/c1-3-4-11-19(15-8-9-15)12-5-10-16(2,13-17)18-14-6-7-14/h14-15,18H,3-12H2,1-2H3. The van der Waals surface area contributed by atoms with Crippen molar-refractivity contribution in [3.8, 4) is 6.07 Å². The first-order valence-electron chi connectivity index (χ1n) is 8.10. The predicted molar refractivity (Wildman–Crippen MR) is 78.9 cm³/mol. The van der Waals surface area contributed by atoms with Gasteiger partial charge in [-0.05, 0) is 65.0 Å². The molecular formula is C16H29N3. The van der Waals surface area contributed by atoms with Gasteiger partial charge in [-0.25, -0.2) is 0 Å². The van der Waals surface area contributed by atoms with Crippen LogP contribution in [-0.2, 0) is 0 Å². The number of unbranched alkanes of at least 4 members (excludes halogenated alkanes) is 1. The van der Waals surface area contributed by atoms with Crippen LogP contribution in [0.3, 0.4) is 0 Å². The van der Waals surface area contributed by atoms with Crippen LogP contribution in [0.1, 0.15) is 65.2 Å². The fourth-order valence-electron chi connectivity index (χ4n) is 2.75. The molecule has 2 aliphatic rings. The molecule has 0 amide bonds. The van der Waals surface area contributed by atoms with Crippen molar-refractivity contribution in [3.05, 3.63) is 0 Å². The van der Waals surface area contributed by atoms with Crippen LogP contribution in [0.5, 0.6) is 0 Å². The Labute approximate surface area is 118 Å². The summed E-state index contributed by atoms with van der Waals surface area (Å²) in [5, 5.41) is 12.9. The minimum absolute atomic E-state index is 0.304. The van der Waals surface area contributed by atoms with Crippen LogP contribution < -0.4 is 5.32 Å². The Hall–Kier alpha value is -0.590. The van der Waals surface area contributed by atoms with E-state index in [9.17, 15) is 5.26 Å². The lowest BCUT2D eigenvalue weighted by atomic mass is 9.97. The molecule has 3 heteroatoms. The summed E-state index contributed by atoms with van der Waals surface area (Å²) in [6, 6.07) is 3.95. The Morgan fingerprint density at radius 1 is 1.21 bits per heavy atom. The first kappa shape index (κ1) is 14.8. The van der Waals surface area contributed by atoms with E-state index in [0.717, 1.165) is 18.9 Å². The summed E-state index contributed by atoms with van der Waals surface area (Å²) in [5.41, 5.74) is -0.304. The predicted octanol–water partition coefficient (Wildman–Crippen LogP) is 3.07. The molecule has 1 atom stereocenters. The molecule has 1 unspecified atom stereocenters. The second-order valence-corrected chi connectivity index (χ2v) is 6.59. The van der Waals surface area contributed by atoms with Crippen molar-refractivity contribution in [1.82, 2.24) is 10.2 Å². The molecule has 2 fully saturated rings. The van der Waals surface area contributed by atoms with E-state index in [2.05, 4.69) is 30.1 Å². The maximum atomic E-state index is 9.36. The maximum Gasteiger partial charge on any atom is 0.104 e. The van der Waals surface area contributed by atoms with Crippen molar-refractivity contribution in [3.63, 3.8) is 0 Å². The monoisotopic (exact) mass is 263 g/mol. The second-order valence-electron chi connectivity index (χ2n) is 6.59. The molecule has 19 heavy (non-hydrogen) atoms. The number of hydrogen-bond donors (Lipinski definition) is 1. The molecule has 0 aromatic heterocycles. The first-order valence-corrected chi connectivity index (χ1v) is 8.10. The van der Waals surface area contributed by atoms with Crippen LogP contribution in [0.15, 0.2) is 0 Å². The lowest BCUT2D eigenvalue weighted by molar-refractivity contribution is 0.244. The van der Waals surface area contributed by atoms with E-state index in [-0.39, 0.29) is 5.54 Å². The number of nitrogens with one attached hydrogen (secondary N) is 1. The Bertz CT molecular complexity index is 314. The molecule has 0 aromatic carbocycles. The molecule has 0 bridgehead atoms. The SMILES string of the molecule is CCCCN(CCCC(C)(C#N)NC1CC1)C1CC1. The highest BCUT2D eigenvalue weighted by Crippen LogP contribution is 2.28. The van der Waals surface area contributed by atoms with Gasteiger partial charge in [-0.2, -0.15) is 5.26 Å². The van der Waals surface area contributed by atoms with Gasteiger partial charge in [0, 0.05) is 12.1 Å². The Morgan fingerprint density at radius 3 is 2.42 bits per heavy atom. The smallest absolute Gasteiger partial charge is 0.104 e. The molecule has 108 valence electrons. The van der Waals surface area contributed by atoms with Crippen LogP contribution in [0.25, 0.3) is 0 Å². The summed E-state index contributed by atoms with van der Waals surface area (Å²) in [5.74, 6) is 0. The number of nitrogens with zero attached hydrogens (tertiary/aromatic N) is 2. The third kappa shape index (κ3) is 5.12. The molecule has 0 aliphatic heterocycles. The summed E-state index contributed by atoms with van der Waals surface area (Å²) < 4.78 is 0. The van der Waals surface area contributed by atoms with Crippen LogP contribution >= 0.6 is 0 Å². The first-order chi connectivity index (χ1) is 9.17. The fourth-order valence-corrected chi connectivity index (χ4v) is 2.75. The molecule has 2 rings (SSSR count). The third-order valence-corrected chi connectivity index (χ3v) is 4.33. The lowest BCUT2D eigenvalue weighted by Crippen LogP contribution is -2.43. The molecule has 0 radical (unpaired) electrons. The highest BCUT2D eigenvalue weighted by molar-refractivity contribution is 5.07. The Kier molecular flexibility index (Phi) is 5.24. The quantitative estimate of drug-likeness (QED) is 0.658. The fraction of sp³-hybridized carbons (Fsp3) is 0.938. The molecule has 3 nitrogen and oxygen atoms in total. The van der Waals surface area contributed by atoms with E-state index in [1.807, 2.05) is 0 Å². The zero-order valence-corrected chi connectivity index (χ0v) is 12.6. The van der Waals surface area contributed by atoms with E-state index in [1.54, 1.807) is 0 Å². The van der Waals surface area contributed by atoms with Crippen LogP contribution in [0, 0.1) is 11.3 Å². The van der Waals surface area contributed by atoms with E-state index in [0.29, 0.717) is 6.04 Å². The summed E-state index contributed by atoms with van der Waals surface area (Å²) in [7, 11) is 0. The van der Waals surface area contributed by atoms with Crippen molar-refractivity contribution in [2.75, 3.05) is 13.1 Å². The van der Waals surface area contributed by atoms with Crippen LogP contribution in [-0.4, -0.2) is 35.6 Å². The lowest BCUT2D eigenvalue weighted by Gasteiger charge is -2.26. The van der Waals surface area contributed by atoms with Gasteiger partial charge in [0.05, 0.1) is 6.07 Å². The van der Waals surface area contributed by atoms with E-state index in [1.165, 1.54) is 51.6 Å². The minimum atomic E-state index is -0.304. The molecule has 0 saturated heterocycles. The van der Waals surface area contributed by atoms with Gasteiger partial charge >= 0.3 is 0 Å². The van der Waals surface area contributed by atoms with Gasteiger partial charge in [0.1, 0.15) is 5.54 Å². The van der Waals surface area contributed by atoms with E-state index < -0.39 is 0 Å². The maximum absolute atomic E-state index is 9.36. The van der Waals surface area contributed by atoms with Crippen molar-refractivity contribution < 1.29 is 0 Å². The Balaban J connectivity index is 1.69. The summed E-state index contributed by atoms with van der Waals surface area (Å²) in [6.07, 6.45) is 10.00. The third-order valence-electron chi connectivity index (χ3n) is 4.33. The average molecular weight is 263 g/mol. The molecular weight excluding hydrogens is 234 g/mol. The van der Waals surface area contributed by atoms with Crippen molar-refractivity contribution in [1.29, 1.82) is 5.26 Å². The normalized spacial score (nSPS) is 22.2. The van der Waals surface area contributed by atoms with Gasteiger partial charge in [0.15, 0.2) is 0 Å². The number of nitriles is 1. The van der Waals surface area contributed by atoms with Crippen molar-refractivity contribution in [2.45, 2.75) is 82.8 Å². The highest BCUT2D eigenvalue weighted by Gasteiger charge is 2.33. The van der Waals surface area contributed by atoms with Crippen molar-refractivity contribution >= 4 is 0 Å². The number of rotatable bonds is 10. The largest absolute Gasteiger partial charge is 0.300 e. The molecule has 1 N–H and O–H groups in total. The van der Waals surface area contributed by atoms with Gasteiger partial charge in [0.25, 0.3) is 0 Å². The topological polar surface area (TPSA) is 39.1 Å². The summed E-state index contributed by atoms with van der Waals surface area (Å²) in [6.45, 7) is 6.75. The average Bonchev–Trinajstić information content (AvgIpc) is 3.25. The van der Waals surface area contributed by atoms with E-state index in [4.69, 9.17) is 0 Å². The molecule has 2 saturated carbocycles. The zero-order valence-electron chi connectivity index (χ0n) is 12.6. The Morgan fingerprint density at radius 2 is 1.89 bits per heavy atom. The zero-order chi connectivity index (χ0) is 13.7. The minimum Gasteiger partial charge on any atom is -0.300 e. The van der Waals surface area contributed by atoms with Gasteiger partial charge in [0.2, 0.25) is 0 Å². The van der Waals surface area contributed by atoms with E-state index >= 15 is 0 Å². The van der Waals surface area contributed by atoms with Gasteiger partial charge in [-0.1, -0.05) is 13.3 Å². The molecule has 0 spiro atoms. The van der Waals surface area contributed by atoms with Crippen molar-refractivity contribution in [2.24, 2.45) is 0 Å². The second kappa shape index (κ2) is 6.72. The van der Waals surface area contributed by atoms with Crippen LogP contribution in [0.2, 0.25) is 0 Å². The summed E-state index contributed by atoms with van der Waals surface area (Å²) >= 11 is 0. The molecule has 0 aromatic rings.